The number of carbonyl (C=O) groups excluding carboxylic acids is 1. The third-order valence-electron chi connectivity index (χ3n) is 12.8. The van der Waals surface area contributed by atoms with Crippen molar-refractivity contribution in [3.8, 4) is 0 Å². The molecule has 0 aromatic heterocycles. The van der Waals surface area contributed by atoms with Crippen LogP contribution in [0.4, 0.5) is 0 Å². The highest BCUT2D eigenvalue weighted by Crippen LogP contribution is 2.53. The zero-order valence-electron chi connectivity index (χ0n) is 34.1. The van der Waals surface area contributed by atoms with Crippen molar-refractivity contribution in [1.82, 2.24) is 0 Å². The summed E-state index contributed by atoms with van der Waals surface area (Å²) < 4.78 is 24.1. The number of hydrogen-bond donors (Lipinski definition) is 1. The Balaban J connectivity index is 1.18. The lowest BCUT2D eigenvalue weighted by Gasteiger charge is -2.55. The van der Waals surface area contributed by atoms with Crippen LogP contribution in [-0.2, 0) is 28.5 Å². The van der Waals surface area contributed by atoms with E-state index in [4.69, 9.17) is 24.1 Å². The lowest BCUT2D eigenvalue weighted by molar-refractivity contribution is -0.192. The minimum atomic E-state index is -0.962. The van der Waals surface area contributed by atoms with Crippen molar-refractivity contribution >= 4 is 33.5 Å². The van der Waals surface area contributed by atoms with Gasteiger partial charge in [-0.15, -0.1) is 0 Å². The normalized spacial score (nSPS) is 23.8. The van der Waals surface area contributed by atoms with Gasteiger partial charge in [-0.25, -0.2) is 0 Å². The fourth-order valence-electron chi connectivity index (χ4n) is 9.74. The number of esters is 1. The molecule has 1 N–H and O–H groups in total. The van der Waals surface area contributed by atoms with Crippen LogP contribution < -0.4 is 0 Å². The summed E-state index contributed by atoms with van der Waals surface area (Å²) in [5, 5.41) is 8.59. The van der Waals surface area contributed by atoms with Gasteiger partial charge in [0.1, 0.15) is 0 Å². The smallest absolute Gasteiger partial charge is 0.306 e. The van der Waals surface area contributed by atoms with Crippen molar-refractivity contribution in [3.05, 3.63) is 0 Å². The second kappa shape index (κ2) is 29.7. The summed E-state index contributed by atoms with van der Waals surface area (Å²) in [5.74, 6) is 2.90. The molecule has 0 radical (unpaired) electrons. The molecule has 0 unspecified atom stereocenters. The first-order valence-corrected chi connectivity index (χ1v) is 24.8. The predicted molar refractivity (Wildman–Crippen MR) is 223 cm³/mol. The lowest BCUT2D eigenvalue weighted by Crippen LogP contribution is -2.56. The summed E-state index contributed by atoms with van der Waals surface area (Å²) in [6.07, 6.45) is 37.4. The Kier molecular flexibility index (Phi) is 26.3. The van der Waals surface area contributed by atoms with Crippen LogP contribution in [0.1, 0.15) is 193 Å². The molecule has 0 bridgehead atoms. The molecular formula is C44H80O7S2. The van der Waals surface area contributed by atoms with Crippen molar-refractivity contribution < 1.29 is 33.6 Å². The van der Waals surface area contributed by atoms with Crippen molar-refractivity contribution in [2.24, 2.45) is 17.8 Å². The molecule has 0 saturated heterocycles. The van der Waals surface area contributed by atoms with Gasteiger partial charge in [0, 0.05) is 32.3 Å². The predicted octanol–water partition coefficient (Wildman–Crippen LogP) is 12.4. The van der Waals surface area contributed by atoms with E-state index in [9.17, 15) is 9.59 Å². The third kappa shape index (κ3) is 19.0. The molecule has 53 heavy (non-hydrogen) atoms. The number of methoxy groups -OCH3 is 2. The molecule has 3 aliphatic rings. The number of ether oxygens (including phenoxy) is 4. The van der Waals surface area contributed by atoms with E-state index >= 15 is 0 Å². The summed E-state index contributed by atoms with van der Waals surface area (Å²) in [4.78, 5) is 21.9. The Morgan fingerprint density at radius 1 is 0.528 bits per heavy atom. The molecule has 3 aliphatic carbocycles. The Hall–Kier alpha value is -0.480. The minimum absolute atomic E-state index is 0.0374. The zero-order chi connectivity index (χ0) is 37.8. The summed E-state index contributed by atoms with van der Waals surface area (Å²) >= 11 is 0. The fraction of sp³-hybridized carbons (Fsp3) is 0.955. The molecular weight excluding hydrogens is 705 g/mol. The second-order valence-corrected chi connectivity index (χ2v) is 19.2. The molecule has 3 rings (SSSR count). The average Bonchev–Trinajstić information content (AvgIpc) is 3.19. The van der Waals surface area contributed by atoms with Gasteiger partial charge < -0.3 is 24.1 Å². The first kappa shape index (κ1) is 46.9. The van der Waals surface area contributed by atoms with Gasteiger partial charge in [0.05, 0.1) is 37.3 Å². The molecule has 0 heterocycles. The van der Waals surface area contributed by atoms with Gasteiger partial charge in [-0.2, -0.15) is 0 Å². The second-order valence-electron chi connectivity index (χ2n) is 16.5. The molecule has 310 valence electrons. The number of unbranched alkanes of at least 4 members (excludes halogenated alkanes) is 13. The number of aliphatic carboxylic acids is 1. The molecule has 7 nitrogen and oxygen atoms in total. The van der Waals surface area contributed by atoms with Crippen LogP contribution in [0.25, 0.3) is 0 Å². The van der Waals surface area contributed by atoms with Crippen molar-refractivity contribution in [2.45, 2.75) is 210 Å². The van der Waals surface area contributed by atoms with E-state index in [0.29, 0.717) is 30.7 Å². The van der Waals surface area contributed by atoms with Crippen LogP contribution in [0.15, 0.2) is 0 Å². The SMILES string of the molecule is COC1CCC(C(OCCCCCCCCCCCCCCCCSSCCCOC(=O)CCC(=O)O)(C2CCCCC2)C2CCC(OC)CC2)CC1. The van der Waals surface area contributed by atoms with Crippen LogP contribution in [-0.4, -0.2) is 73.8 Å². The van der Waals surface area contributed by atoms with Crippen molar-refractivity contribution in [2.75, 3.05) is 38.9 Å². The van der Waals surface area contributed by atoms with Crippen LogP contribution in [0.2, 0.25) is 0 Å². The largest absolute Gasteiger partial charge is 0.481 e. The molecule has 0 aliphatic heterocycles. The van der Waals surface area contributed by atoms with E-state index in [1.54, 1.807) is 0 Å². The highest BCUT2D eigenvalue weighted by molar-refractivity contribution is 8.76. The van der Waals surface area contributed by atoms with Gasteiger partial charge in [-0.3, -0.25) is 9.59 Å². The average molecular weight is 785 g/mol. The molecule has 9 heteroatoms. The van der Waals surface area contributed by atoms with Gasteiger partial charge in [-0.1, -0.05) is 118 Å². The maximum atomic E-state index is 11.4. The molecule has 0 spiro atoms. The zero-order valence-corrected chi connectivity index (χ0v) is 35.8. The van der Waals surface area contributed by atoms with Gasteiger partial charge in [-0.05, 0) is 101 Å². The minimum Gasteiger partial charge on any atom is -0.481 e. The highest BCUT2D eigenvalue weighted by Gasteiger charge is 2.52. The van der Waals surface area contributed by atoms with Gasteiger partial charge in [0.15, 0.2) is 0 Å². The Morgan fingerprint density at radius 2 is 0.962 bits per heavy atom. The Labute approximate surface area is 333 Å². The standard InChI is InChI=1S/C44H80O7S2/c1-48-40-27-23-38(24-28-40)44(37-21-16-15-17-22-37,39-25-29-41(49-2)30-26-39)51-34-18-13-11-9-7-5-3-4-6-8-10-12-14-19-35-52-53-36-20-33-50-43(47)32-31-42(45)46/h37-41H,3-36H2,1-2H3,(H,45,46). The summed E-state index contributed by atoms with van der Waals surface area (Å²) in [7, 11) is 7.57. The van der Waals surface area contributed by atoms with Gasteiger partial charge in [0.2, 0.25) is 0 Å². The van der Waals surface area contributed by atoms with E-state index in [-0.39, 0.29) is 18.4 Å². The Morgan fingerprint density at radius 3 is 1.43 bits per heavy atom. The van der Waals surface area contributed by atoms with Crippen LogP contribution in [0.3, 0.4) is 0 Å². The van der Waals surface area contributed by atoms with E-state index < -0.39 is 11.9 Å². The van der Waals surface area contributed by atoms with Crippen LogP contribution >= 0.6 is 21.6 Å². The maximum absolute atomic E-state index is 11.4. The topological polar surface area (TPSA) is 91.3 Å². The van der Waals surface area contributed by atoms with E-state index in [1.807, 2.05) is 35.8 Å². The number of hydrogen-bond acceptors (Lipinski definition) is 8. The van der Waals surface area contributed by atoms with E-state index in [1.165, 1.54) is 179 Å². The molecule has 0 atom stereocenters. The number of carboxylic acid groups (broad SMARTS) is 1. The third-order valence-corrected chi connectivity index (χ3v) is 15.3. The monoisotopic (exact) mass is 785 g/mol. The van der Waals surface area contributed by atoms with Crippen molar-refractivity contribution in [3.63, 3.8) is 0 Å². The van der Waals surface area contributed by atoms with E-state index in [0.717, 1.165) is 24.7 Å². The first-order chi connectivity index (χ1) is 26.0. The van der Waals surface area contributed by atoms with Crippen molar-refractivity contribution in [1.29, 1.82) is 0 Å². The molecule has 0 aromatic carbocycles. The van der Waals surface area contributed by atoms with Crippen LogP contribution in [0.5, 0.6) is 0 Å². The molecule has 3 fully saturated rings. The van der Waals surface area contributed by atoms with Crippen LogP contribution in [0, 0.1) is 17.8 Å². The highest BCUT2D eigenvalue weighted by atomic mass is 33.1. The molecule has 0 amide bonds. The number of carbonyl (C=O) groups is 2. The lowest BCUT2D eigenvalue weighted by atomic mass is 9.58. The van der Waals surface area contributed by atoms with Gasteiger partial charge in [0.25, 0.3) is 0 Å². The molecule has 0 aromatic rings. The Bertz CT molecular complexity index is 889. The number of rotatable bonds is 31. The summed E-state index contributed by atoms with van der Waals surface area (Å²) in [5.41, 5.74) is 0.0756. The first-order valence-electron chi connectivity index (χ1n) is 22.3. The van der Waals surface area contributed by atoms with Gasteiger partial charge >= 0.3 is 11.9 Å². The maximum Gasteiger partial charge on any atom is 0.306 e. The molecule has 3 saturated carbocycles. The summed E-state index contributed by atoms with van der Waals surface area (Å²) in [6, 6.07) is 0. The fourth-order valence-corrected chi connectivity index (χ4v) is 12.0. The number of carboxylic acids is 1. The summed E-state index contributed by atoms with van der Waals surface area (Å²) in [6.45, 7) is 1.35. The van der Waals surface area contributed by atoms with E-state index in [2.05, 4.69) is 0 Å². The quantitative estimate of drug-likeness (QED) is 0.0419.